The van der Waals surface area contributed by atoms with Gasteiger partial charge >= 0.3 is 0 Å². The molecule has 0 aromatic heterocycles. The summed E-state index contributed by atoms with van der Waals surface area (Å²) in [7, 11) is 0. The first kappa shape index (κ1) is 21.8. The molecule has 156 valence electrons. The fourth-order valence-electron chi connectivity index (χ4n) is 3.23. The highest BCUT2D eigenvalue weighted by Gasteiger charge is 2.26. The van der Waals surface area contributed by atoms with Crippen molar-refractivity contribution in [3.8, 4) is 5.75 Å². The Balaban J connectivity index is 1.77. The molecule has 1 atom stereocenters. The van der Waals surface area contributed by atoms with Gasteiger partial charge in [0, 0.05) is 13.1 Å². The molecule has 2 amide bonds. The summed E-state index contributed by atoms with van der Waals surface area (Å²) in [4.78, 5) is 27.0. The van der Waals surface area contributed by atoms with Crippen LogP contribution in [0.5, 0.6) is 5.75 Å². The van der Waals surface area contributed by atoms with Crippen LogP contribution in [0.25, 0.3) is 10.8 Å². The molecule has 0 bridgehead atoms. The highest BCUT2D eigenvalue weighted by Crippen LogP contribution is 2.33. The number of hydrogen-bond donors (Lipinski definition) is 1. The topological polar surface area (TPSA) is 58.6 Å². The molecule has 5 nitrogen and oxygen atoms in total. The predicted octanol–water partition coefficient (Wildman–Crippen LogP) is 4.53. The highest BCUT2D eigenvalue weighted by molar-refractivity contribution is 9.10. The van der Waals surface area contributed by atoms with Gasteiger partial charge < -0.3 is 15.0 Å². The van der Waals surface area contributed by atoms with Crippen LogP contribution in [0.2, 0.25) is 0 Å². The van der Waals surface area contributed by atoms with Crippen LogP contribution in [-0.4, -0.2) is 35.9 Å². The number of halogens is 1. The van der Waals surface area contributed by atoms with Gasteiger partial charge in [-0.25, -0.2) is 0 Å². The number of nitrogens with one attached hydrogen (secondary N) is 1. The molecule has 0 heterocycles. The van der Waals surface area contributed by atoms with E-state index < -0.39 is 6.04 Å². The number of rotatable bonds is 8. The second-order valence-corrected chi connectivity index (χ2v) is 7.76. The van der Waals surface area contributed by atoms with Crippen molar-refractivity contribution in [3.63, 3.8) is 0 Å². The van der Waals surface area contributed by atoms with Gasteiger partial charge in [-0.3, -0.25) is 9.59 Å². The largest absolute Gasteiger partial charge is 0.483 e. The van der Waals surface area contributed by atoms with Crippen molar-refractivity contribution in [1.82, 2.24) is 10.2 Å². The van der Waals surface area contributed by atoms with E-state index in [-0.39, 0.29) is 18.4 Å². The van der Waals surface area contributed by atoms with E-state index in [4.69, 9.17) is 4.74 Å². The molecule has 0 aliphatic carbocycles. The van der Waals surface area contributed by atoms with Gasteiger partial charge in [-0.1, -0.05) is 60.7 Å². The first-order chi connectivity index (χ1) is 14.5. The second kappa shape index (κ2) is 10.3. The maximum Gasteiger partial charge on any atom is 0.261 e. The Bertz CT molecular complexity index is 1020. The minimum atomic E-state index is -0.610. The van der Waals surface area contributed by atoms with E-state index in [1.165, 1.54) is 0 Å². The van der Waals surface area contributed by atoms with E-state index in [9.17, 15) is 9.59 Å². The van der Waals surface area contributed by atoms with Gasteiger partial charge in [-0.2, -0.15) is 0 Å². The van der Waals surface area contributed by atoms with Crippen LogP contribution in [-0.2, 0) is 16.1 Å². The number of carbonyl (C=O) groups excluding carboxylic acids is 2. The molecule has 3 rings (SSSR count). The van der Waals surface area contributed by atoms with Crippen LogP contribution in [0, 0.1) is 0 Å². The normalized spacial score (nSPS) is 11.7. The molecule has 0 saturated heterocycles. The molecular weight excluding hydrogens is 444 g/mol. The van der Waals surface area contributed by atoms with Crippen molar-refractivity contribution in [3.05, 3.63) is 76.8 Å². The Morgan fingerprint density at radius 1 is 1.03 bits per heavy atom. The Hall–Kier alpha value is -2.86. The Morgan fingerprint density at radius 2 is 1.73 bits per heavy atom. The monoisotopic (exact) mass is 468 g/mol. The third kappa shape index (κ3) is 5.19. The number of benzene rings is 3. The minimum Gasteiger partial charge on any atom is -0.483 e. The fraction of sp³-hybridized carbons (Fsp3) is 0.250. The molecule has 6 heteroatoms. The van der Waals surface area contributed by atoms with Gasteiger partial charge in [-0.05, 0) is 52.2 Å². The average molecular weight is 469 g/mol. The number of amides is 2. The van der Waals surface area contributed by atoms with E-state index in [0.717, 1.165) is 20.8 Å². The van der Waals surface area contributed by atoms with Gasteiger partial charge in [0.25, 0.3) is 5.91 Å². The zero-order valence-electron chi connectivity index (χ0n) is 17.1. The fourth-order valence-corrected chi connectivity index (χ4v) is 3.84. The summed E-state index contributed by atoms with van der Waals surface area (Å²) in [6, 6.07) is 20.8. The van der Waals surface area contributed by atoms with Crippen molar-refractivity contribution in [2.75, 3.05) is 13.2 Å². The Morgan fingerprint density at radius 3 is 2.47 bits per heavy atom. The Labute approximate surface area is 185 Å². The van der Waals surface area contributed by atoms with Crippen molar-refractivity contribution in [1.29, 1.82) is 0 Å². The van der Waals surface area contributed by atoms with E-state index in [2.05, 4.69) is 21.2 Å². The summed E-state index contributed by atoms with van der Waals surface area (Å²) < 4.78 is 6.65. The van der Waals surface area contributed by atoms with Gasteiger partial charge in [0.2, 0.25) is 5.91 Å². The quantitative estimate of drug-likeness (QED) is 0.527. The summed E-state index contributed by atoms with van der Waals surface area (Å²) in [5.41, 5.74) is 0.953. The van der Waals surface area contributed by atoms with E-state index in [1.54, 1.807) is 11.8 Å². The molecule has 0 unspecified atom stereocenters. The molecule has 0 aliphatic heterocycles. The molecule has 0 aliphatic rings. The van der Waals surface area contributed by atoms with Gasteiger partial charge in [0.05, 0.1) is 4.47 Å². The first-order valence-electron chi connectivity index (χ1n) is 9.92. The lowest BCUT2D eigenvalue weighted by molar-refractivity contribution is -0.142. The number of nitrogens with zero attached hydrogens (tertiary/aromatic N) is 1. The summed E-state index contributed by atoms with van der Waals surface area (Å²) in [5.74, 6) is 0.152. The number of fused-ring (bicyclic) bond motifs is 1. The molecule has 3 aromatic carbocycles. The number of carbonyl (C=O) groups is 2. The van der Waals surface area contributed by atoms with Crippen LogP contribution in [0.3, 0.4) is 0 Å². The molecule has 0 fully saturated rings. The molecule has 3 aromatic rings. The minimum absolute atomic E-state index is 0.159. The van der Waals surface area contributed by atoms with Crippen LogP contribution >= 0.6 is 15.9 Å². The number of hydrogen-bond acceptors (Lipinski definition) is 3. The molecule has 0 spiro atoms. The molecule has 1 N–H and O–H groups in total. The summed E-state index contributed by atoms with van der Waals surface area (Å²) >= 11 is 3.58. The third-order valence-corrected chi connectivity index (χ3v) is 5.71. The van der Waals surface area contributed by atoms with Crippen LogP contribution in [0.1, 0.15) is 19.4 Å². The van der Waals surface area contributed by atoms with Crippen LogP contribution in [0.15, 0.2) is 71.2 Å². The summed E-state index contributed by atoms with van der Waals surface area (Å²) in [6.45, 7) is 4.27. The zero-order chi connectivity index (χ0) is 21.5. The average Bonchev–Trinajstić information content (AvgIpc) is 2.77. The smallest absolute Gasteiger partial charge is 0.261 e. The maximum atomic E-state index is 13.1. The van der Waals surface area contributed by atoms with Crippen molar-refractivity contribution < 1.29 is 14.3 Å². The van der Waals surface area contributed by atoms with Gasteiger partial charge in [0.15, 0.2) is 6.61 Å². The standard InChI is InChI=1S/C24H25BrN2O3/c1-3-26-24(29)17(2)27(15-18-9-5-4-6-10-18)22(28)16-30-21-14-13-19-11-7-8-12-20(19)23(21)25/h4-14,17H,3,15-16H2,1-2H3,(H,26,29)/t17-/m1/s1. The van der Waals surface area contributed by atoms with Crippen molar-refractivity contribution in [2.24, 2.45) is 0 Å². The number of likely N-dealkylation sites (N-methyl/N-ethyl adjacent to an activating group) is 1. The lowest BCUT2D eigenvalue weighted by Crippen LogP contribution is -2.49. The molecule has 0 radical (unpaired) electrons. The molecule has 30 heavy (non-hydrogen) atoms. The van der Waals surface area contributed by atoms with Crippen LogP contribution in [0.4, 0.5) is 0 Å². The zero-order valence-corrected chi connectivity index (χ0v) is 18.7. The Kier molecular flexibility index (Phi) is 7.46. The molecule has 0 saturated carbocycles. The first-order valence-corrected chi connectivity index (χ1v) is 10.7. The maximum absolute atomic E-state index is 13.1. The van der Waals surface area contributed by atoms with Crippen molar-refractivity contribution >= 4 is 38.5 Å². The van der Waals surface area contributed by atoms with E-state index >= 15 is 0 Å². The second-order valence-electron chi connectivity index (χ2n) is 6.97. The summed E-state index contributed by atoms with van der Waals surface area (Å²) in [5, 5.41) is 4.88. The predicted molar refractivity (Wildman–Crippen MR) is 122 cm³/mol. The SMILES string of the molecule is CCNC(=O)[C@@H](C)N(Cc1ccccc1)C(=O)COc1ccc2ccccc2c1Br. The van der Waals surface area contributed by atoms with Gasteiger partial charge in [-0.15, -0.1) is 0 Å². The lowest BCUT2D eigenvalue weighted by Gasteiger charge is -2.28. The van der Waals surface area contributed by atoms with Crippen molar-refractivity contribution in [2.45, 2.75) is 26.4 Å². The summed E-state index contributed by atoms with van der Waals surface area (Å²) in [6.07, 6.45) is 0. The lowest BCUT2D eigenvalue weighted by atomic mass is 10.1. The highest BCUT2D eigenvalue weighted by atomic mass is 79.9. The third-order valence-electron chi connectivity index (χ3n) is 4.89. The van der Waals surface area contributed by atoms with Gasteiger partial charge in [0.1, 0.15) is 11.8 Å². The number of ether oxygens (including phenoxy) is 1. The van der Waals surface area contributed by atoms with E-state index in [0.29, 0.717) is 18.8 Å². The van der Waals surface area contributed by atoms with E-state index in [1.807, 2.05) is 73.7 Å². The van der Waals surface area contributed by atoms with Crippen LogP contribution < -0.4 is 10.1 Å². The molecular formula is C24H25BrN2O3.